The molecule has 0 aromatic heterocycles. The first-order valence-electron chi connectivity index (χ1n) is 20.7. The number of rotatable bonds is 16. The molecule has 2 amide bonds. The maximum Gasteiger partial charge on any atom is 0.327 e. The molecule has 1 aliphatic carbocycles. The summed E-state index contributed by atoms with van der Waals surface area (Å²) < 4.78 is 33.9. The summed E-state index contributed by atoms with van der Waals surface area (Å²) >= 11 is 0. The van der Waals surface area contributed by atoms with Gasteiger partial charge in [0.2, 0.25) is 5.91 Å². The lowest BCUT2D eigenvalue weighted by Gasteiger charge is -2.48. The average Bonchev–Trinajstić information content (AvgIpc) is 3.87. The highest BCUT2D eigenvalue weighted by molar-refractivity contribution is 5.95. The Morgan fingerprint density at radius 1 is 1.00 bits per heavy atom. The number of hydrogen-bond acceptors (Lipinski definition) is 17. The van der Waals surface area contributed by atoms with Crippen LogP contribution in [-0.4, -0.2) is 154 Å². The third-order valence-corrected chi connectivity index (χ3v) is 11.6. The van der Waals surface area contributed by atoms with Gasteiger partial charge in [-0.15, -0.1) is 0 Å². The number of aliphatic hydroxyl groups excluding tert-OH is 5. The number of nitrogens with zero attached hydrogens (tertiary/aromatic N) is 1. The fraction of sp³-hybridized carbons (Fsp3) is 0.581. The zero-order valence-electron chi connectivity index (χ0n) is 34.7. The van der Waals surface area contributed by atoms with E-state index in [1.54, 1.807) is 63.3 Å². The molecule has 62 heavy (non-hydrogen) atoms. The molecule has 5 fully saturated rings. The van der Waals surface area contributed by atoms with Crippen LogP contribution < -0.4 is 10.6 Å². The molecule has 4 heterocycles. The van der Waals surface area contributed by atoms with E-state index in [0.717, 1.165) is 11.1 Å². The van der Waals surface area contributed by atoms with Gasteiger partial charge in [0, 0.05) is 24.9 Å². The molecule has 2 aromatic carbocycles. The van der Waals surface area contributed by atoms with E-state index in [0.29, 0.717) is 5.56 Å². The monoisotopic (exact) mass is 869 g/mol. The number of carbonyl (C=O) groups excluding carboxylic acids is 4. The van der Waals surface area contributed by atoms with Crippen LogP contribution in [0.15, 0.2) is 54.6 Å². The van der Waals surface area contributed by atoms with Crippen molar-refractivity contribution in [3.63, 3.8) is 0 Å². The SMILES string of the molecule is CC(C)(C)OC(=O)CCC(CO)NC(=O)c1cccc(CNC(=O)C23CC4OC(=O)C2N(Cc2cccc(C=CCOC5OC(CO)C(O)C(O)C5O)c2)OC3C2OCOC42)c1. The normalized spacial score (nSPS) is 32.2. The van der Waals surface area contributed by atoms with Crippen LogP contribution in [0.5, 0.6) is 0 Å². The van der Waals surface area contributed by atoms with Gasteiger partial charge in [0.05, 0.1) is 32.4 Å². The summed E-state index contributed by atoms with van der Waals surface area (Å²) in [6.45, 7) is 4.29. The van der Waals surface area contributed by atoms with Crippen LogP contribution in [0, 0.1) is 5.41 Å². The summed E-state index contributed by atoms with van der Waals surface area (Å²) in [6.07, 6.45) is -6.26. The van der Waals surface area contributed by atoms with Gasteiger partial charge in [-0.25, -0.2) is 0 Å². The number of aliphatic hydroxyl groups is 5. The van der Waals surface area contributed by atoms with Crippen LogP contribution in [0.25, 0.3) is 6.08 Å². The summed E-state index contributed by atoms with van der Waals surface area (Å²) in [5, 5.41) is 56.8. The van der Waals surface area contributed by atoms with E-state index in [9.17, 15) is 44.7 Å². The molecule has 338 valence electrons. The third-order valence-electron chi connectivity index (χ3n) is 11.6. The second-order valence-electron chi connectivity index (χ2n) is 17.1. The Labute approximate surface area is 357 Å². The molecular weight excluding hydrogens is 814 g/mol. The van der Waals surface area contributed by atoms with Crippen molar-refractivity contribution in [2.75, 3.05) is 26.6 Å². The molecule has 7 N–H and O–H groups in total. The molecule has 4 saturated heterocycles. The molecule has 7 rings (SSSR count). The number of amides is 2. The standard InChI is InChI=1S/C43H55N3O16/c1-42(2,3)61-30(49)13-12-27(20-47)45-38(53)26-11-5-8-24(16-26)18-44-41(55)43-17-28-34-35(58-22-57-34)37(43)62-46(36(43)39(54)59-28)19-25-9-4-7-23(15-25)10-6-14-56-40-33(52)32(51)31(50)29(21-48)60-40/h4-11,15-16,27-29,31-37,40,47-48,50-52H,12-14,17-22H2,1-3H3,(H,44,55)(H,45,53). The minimum atomic E-state index is -1.56. The van der Waals surface area contributed by atoms with Gasteiger partial charge in [-0.05, 0) is 56.0 Å². The lowest BCUT2D eigenvalue weighted by molar-refractivity contribution is -0.298. The molecule has 0 radical (unpaired) electrons. The Bertz CT molecular complexity index is 1970. The number of carbonyl (C=O) groups is 4. The van der Waals surface area contributed by atoms with Crippen LogP contribution in [-0.2, 0) is 60.7 Å². The maximum atomic E-state index is 14.6. The van der Waals surface area contributed by atoms with Gasteiger partial charge in [-0.1, -0.05) is 48.6 Å². The quantitative estimate of drug-likeness (QED) is 0.106. The summed E-state index contributed by atoms with van der Waals surface area (Å²) in [5.74, 6) is -2.02. The van der Waals surface area contributed by atoms with Gasteiger partial charge >= 0.3 is 11.9 Å². The molecule has 12 atom stereocenters. The fourth-order valence-electron chi connectivity index (χ4n) is 8.68. The Balaban J connectivity index is 1.01. The summed E-state index contributed by atoms with van der Waals surface area (Å²) in [4.78, 5) is 60.4. The van der Waals surface area contributed by atoms with Gasteiger partial charge in [0.1, 0.15) is 66.6 Å². The summed E-state index contributed by atoms with van der Waals surface area (Å²) in [6, 6.07) is 12.1. The molecule has 19 heteroatoms. The van der Waals surface area contributed by atoms with E-state index in [-0.39, 0.29) is 57.9 Å². The van der Waals surface area contributed by atoms with Crippen molar-refractivity contribution in [2.24, 2.45) is 5.41 Å². The van der Waals surface area contributed by atoms with E-state index in [4.69, 9.17) is 33.3 Å². The fourth-order valence-corrected chi connectivity index (χ4v) is 8.68. The van der Waals surface area contributed by atoms with Crippen LogP contribution >= 0.6 is 0 Å². The van der Waals surface area contributed by atoms with E-state index in [1.165, 1.54) is 5.06 Å². The molecule has 2 bridgehead atoms. The zero-order valence-corrected chi connectivity index (χ0v) is 34.7. The zero-order chi connectivity index (χ0) is 44.3. The Morgan fingerprint density at radius 3 is 2.52 bits per heavy atom. The lowest BCUT2D eigenvalue weighted by atomic mass is 9.62. The molecular formula is C43H55N3O16. The molecule has 4 aliphatic heterocycles. The van der Waals surface area contributed by atoms with Crippen LogP contribution in [0.2, 0.25) is 0 Å². The second kappa shape index (κ2) is 19.2. The van der Waals surface area contributed by atoms with Crippen LogP contribution in [0.1, 0.15) is 67.1 Å². The van der Waals surface area contributed by atoms with Crippen LogP contribution in [0.3, 0.4) is 0 Å². The highest BCUT2D eigenvalue weighted by Crippen LogP contribution is 2.55. The number of fused-ring (bicyclic) bond motifs is 4. The van der Waals surface area contributed by atoms with Gasteiger partial charge in [0.15, 0.2) is 12.3 Å². The first-order chi connectivity index (χ1) is 29.6. The number of nitrogens with one attached hydrogen (secondary N) is 2. The average molecular weight is 870 g/mol. The minimum Gasteiger partial charge on any atom is -0.460 e. The molecule has 12 unspecified atom stereocenters. The largest absolute Gasteiger partial charge is 0.460 e. The van der Waals surface area contributed by atoms with E-state index >= 15 is 0 Å². The smallest absolute Gasteiger partial charge is 0.327 e. The van der Waals surface area contributed by atoms with Gasteiger partial charge in [0.25, 0.3) is 5.91 Å². The molecule has 2 aromatic rings. The van der Waals surface area contributed by atoms with Crippen LogP contribution in [0.4, 0.5) is 0 Å². The Morgan fingerprint density at radius 2 is 1.76 bits per heavy atom. The predicted octanol–water partition coefficient (Wildman–Crippen LogP) is -0.413. The van der Waals surface area contributed by atoms with E-state index in [1.807, 2.05) is 18.2 Å². The second-order valence-corrected chi connectivity index (χ2v) is 17.1. The first kappa shape index (κ1) is 45.6. The number of ether oxygens (including phenoxy) is 6. The molecule has 19 nitrogen and oxygen atoms in total. The summed E-state index contributed by atoms with van der Waals surface area (Å²) in [5.41, 5.74) is 0.256. The van der Waals surface area contributed by atoms with Crippen molar-refractivity contribution in [3.8, 4) is 0 Å². The molecule has 5 aliphatic rings. The van der Waals surface area contributed by atoms with Crippen molar-refractivity contribution in [3.05, 3.63) is 76.9 Å². The Hall–Kier alpha value is -4.38. The van der Waals surface area contributed by atoms with Crippen molar-refractivity contribution < 1.29 is 78.0 Å². The highest BCUT2D eigenvalue weighted by Gasteiger charge is 2.74. The topological polar surface area (TPSA) is 261 Å². The molecule has 0 spiro atoms. The van der Waals surface area contributed by atoms with Gasteiger partial charge in [-0.3, -0.25) is 24.0 Å². The van der Waals surface area contributed by atoms with Crippen molar-refractivity contribution in [2.45, 2.75) is 126 Å². The minimum absolute atomic E-state index is 0.00284. The van der Waals surface area contributed by atoms with Gasteiger partial charge < -0.3 is 64.6 Å². The summed E-state index contributed by atoms with van der Waals surface area (Å²) in [7, 11) is 0. The van der Waals surface area contributed by atoms with E-state index in [2.05, 4.69) is 10.6 Å². The number of hydrogen-bond donors (Lipinski definition) is 7. The Kier molecular flexibility index (Phi) is 14.1. The number of benzene rings is 2. The number of hydroxylamine groups is 2. The van der Waals surface area contributed by atoms with Crippen molar-refractivity contribution in [1.82, 2.24) is 15.7 Å². The van der Waals surface area contributed by atoms with Crippen molar-refractivity contribution >= 4 is 29.8 Å². The molecule has 1 saturated carbocycles. The van der Waals surface area contributed by atoms with Gasteiger partial charge in [-0.2, -0.15) is 5.06 Å². The first-order valence-corrected chi connectivity index (χ1v) is 20.7. The number of esters is 2. The highest BCUT2D eigenvalue weighted by atomic mass is 16.8. The van der Waals surface area contributed by atoms with E-state index < -0.39 is 109 Å². The third kappa shape index (κ3) is 9.73. The van der Waals surface area contributed by atoms with Crippen molar-refractivity contribution in [1.29, 1.82) is 0 Å². The lowest BCUT2D eigenvalue weighted by Crippen LogP contribution is -2.69. The predicted molar refractivity (Wildman–Crippen MR) is 213 cm³/mol. The maximum absolute atomic E-state index is 14.6.